The second-order valence-electron chi connectivity index (χ2n) is 8.05. The number of aromatic nitrogens is 1. The van der Waals surface area contributed by atoms with Gasteiger partial charge in [0.05, 0.1) is 11.9 Å². The number of hydrogen-bond acceptors (Lipinski definition) is 5. The van der Waals surface area contributed by atoms with E-state index in [4.69, 9.17) is 4.74 Å². The van der Waals surface area contributed by atoms with Crippen molar-refractivity contribution in [3.05, 3.63) is 24.0 Å². The fourth-order valence-electron chi connectivity index (χ4n) is 2.58. The van der Waals surface area contributed by atoms with Crippen LogP contribution in [-0.2, 0) is 4.74 Å². The number of anilines is 1. The molecule has 2 rings (SSSR count). The summed E-state index contributed by atoms with van der Waals surface area (Å²) in [6.07, 6.45) is 4.09. The standard InChI is InChI=1S/C20H29N3O3/c1-19(2,3)26-18(24)23-10-6-9-22(11-12-23)17-13-16(14-21-15-17)7-8-20(4,5)25/h13-15,25H,6,9-12H2,1-5H3. The van der Waals surface area contributed by atoms with Gasteiger partial charge in [0.15, 0.2) is 0 Å². The van der Waals surface area contributed by atoms with E-state index in [1.165, 1.54) is 0 Å². The van der Waals surface area contributed by atoms with E-state index in [2.05, 4.69) is 21.7 Å². The number of carbonyl (C=O) groups is 1. The molecule has 1 amide bonds. The molecule has 26 heavy (non-hydrogen) atoms. The second kappa shape index (κ2) is 7.96. The first-order chi connectivity index (χ1) is 12.0. The van der Waals surface area contributed by atoms with Gasteiger partial charge >= 0.3 is 6.09 Å². The van der Waals surface area contributed by atoms with Gasteiger partial charge in [-0.1, -0.05) is 11.8 Å². The molecule has 0 radical (unpaired) electrons. The van der Waals surface area contributed by atoms with E-state index in [0.717, 1.165) is 24.2 Å². The summed E-state index contributed by atoms with van der Waals surface area (Å²) in [7, 11) is 0. The van der Waals surface area contributed by atoms with Crippen molar-refractivity contribution in [2.75, 3.05) is 31.1 Å². The number of rotatable bonds is 1. The number of nitrogens with zero attached hydrogens (tertiary/aromatic N) is 3. The highest BCUT2D eigenvalue weighted by Gasteiger charge is 2.24. The Hall–Kier alpha value is -2.26. The van der Waals surface area contributed by atoms with Crippen LogP contribution in [0.2, 0.25) is 0 Å². The van der Waals surface area contributed by atoms with Crippen molar-refractivity contribution in [1.29, 1.82) is 0 Å². The summed E-state index contributed by atoms with van der Waals surface area (Å²) in [5, 5.41) is 9.74. The van der Waals surface area contributed by atoms with Crippen molar-refractivity contribution in [2.45, 2.75) is 52.2 Å². The van der Waals surface area contributed by atoms with E-state index in [1.807, 2.05) is 26.8 Å². The molecule has 142 valence electrons. The molecule has 1 fully saturated rings. The Labute approximate surface area is 156 Å². The predicted molar refractivity (Wildman–Crippen MR) is 102 cm³/mol. The fraction of sp³-hybridized carbons (Fsp3) is 0.600. The van der Waals surface area contributed by atoms with Gasteiger partial charge < -0.3 is 19.6 Å². The number of amides is 1. The molecule has 0 saturated carbocycles. The van der Waals surface area contributed by atoms with Gasteiger partial charge in [-0.15, -0.1) is 0 Å². The second-order valence-corrected chi connectivity index (χ2v) is 8.05. The Morgan fingerprint density at radius 1 is 1.15 bits per heavy atom. The Bertz CT molecular complexity index is 693. The summed E-state index contributed by atoms with van der Waals surface area (Å²) in [5.41, 5.74) is 0.212. The van der Waals surface area contributed by atoms with Crippen LogP contribution in [0.25, 0.3) is 0 Å². The van der Waals surface area contributed by atoms with Crippen LogP contribution in [0.4, 0.5) is 10.5 Å². The molecule has 0 unspecified atom stereocenters. The van der Waals surface area contributed by atoms with Crippen LogP contribution in [0.5, 0.6) is 0 Å². The third-order valence-electron chi connectivity index (χ3n) is 3.75. The van der Waals surface area contributed by atoms with Gasteiger partial charge in [0, 0.05) is 37.9 Å². The molecule has 1 N–H and O–H groups in total. The lowest BCUT2D eigenvalue weighted by molar-refractivity contribution is 0.0263. The molecule has 6 heteroatoms. The summed E-state index contributed by atoms with van der Waals surface area (Å²) in [4.78, 5) is 20.5. The number of aliphatic hydroxyl groups is 1. The summed E-state index contributed by atoms with van der Waals surface area (Å²) >= 11 is 0. The molecule has 0 atom stereocenters. The van der Waals surface area contributed by atoms with Gasteiger partial charge in [-0.3, -0.25) is 4.98 Å². The smallest absolute Gasteiger partial charge is 0.410 e. The van der Waals surface area contributed by atoms with E-state index in [9.17, 15) is 9.90 Å². The lowest BCUT2D eigenvalue weighted by atomic mass is 10.1. The van der Waals surface area contributed by atoms with Crippen molar-refractivity contribution in [3.8, 4) is 11.8 Å². The fourth-order valence-corrected chi connectivity index (χ4v) is 2.58. The third-order valence-corrected chi connectivity index (χ3v) is 3.75. The van der Waals surface area contributed by atoms with Crippen LogP contribution in [0, 0.1) is 11.8 Å². The molecule has 1 aromatic rings. The van der Waals surface area contributed by atoms with Crippen LogP contribution in [0.15, 0.2) is 18.5 Å². The molecule has 0 bridgehead atoms. The molecule has 2 heterocycles. The first kappa shape index (κ1) is 20.1. The van der Waals surface area contributed by atoms with Crippen molar-refractivity contribution in [1.82, 2.24) is 9.88 Å². The Morgan fingerprint density at radius 3 is 2.54 bits per heavy atom. The maximum Gasteiger partial charge on any atom is 0.410 e. The zero-order valence-corrected chi connectivity index (χ0v) is 16.4. The molecular weight excluding hydrogens is 330 g/mol. The van der Waals surface area contributed by atoms with Crippen LogP contribution in [-0.4, -0.2) is 58.5 Å². The van der Waals surface area contributed by atoms with E-state index in [0.29, 0.717) is 19.6 Å². The number of ether oxygens (including phenoxy) is 1. The monoisotopic (exact) mass is 359 g/mol. The van der Waals surface area contributed by atoms with E-state index in [1.54, 1.807) is 31.1 Å². The lowest BCUT2D eigenvalue weighted by Gasteiger charge is -2.26. The Morgan fingerprint density at radius 2 is 1.88 bits per heavy atom. The summed E-state index contributed by atoms with van der Waals surface area (Å²) < 4.78 is 5.47. The highest BCUT2D eigenvalue weighted by molar-refractivity contribution is 5.68. The van der Waals surface area contributed by atoms with Crippen molar-refractivity contribution < 1.29 is 14.6 Å². The number of hydrogen-bond donors (Lipinski definition) is 1. The minimum atomic E-state index is -1.04. The number of pyridine rings is 1. The summed E-state index contributed by atoms with van der Waals surface area (Å²) in [5.74, 6) is 5.76. The molecule has 1 saturated heterocycles. The molecule has 1 aliphatic rings. The van der Waals surface area contributed by atoms with Gasteiger partial charge in [0.1, 0.15) is 11.2 Å². The molecular formula is C20H29N3O3. The highest BCUT2D eigenvalue weighted by atomic mass is 16.6. The third kappa shape index (κ3) is 6.57. The van der Waals surface area contributed by atoms with Crippen molar-refractivity contribution >= 4 is 11.8 Å². The van der Waals surface area contributed by atoms with Crippen molar-refractivity contribution in [3.63, 3.8) is 0 Å². The minimum absolute atomic E-state index is 0.262. The Kier molecular flexibility index (Phi) is 6.14. The van der Waals surface area contributed by atoms with E-state index in [-0.39, 0.29) is 6.09 Å². The molecule has 1 aliphatic heterocycles. The average Bonchev–Trinajstić information content (AvgIpc) is 2.77. The van der Waals surface area contributed by atoms with Gasteiger partial charge in [-0.05, 0) is 47.1 Å². The molecule has 0 aromatic carbocycles. The summed E-state index contributed by atoms with van der Waals surface area (Å²) in [6.45, 7) is 11.8. The summed E-state index contributed by atoms with van der Waals surface area (Å²) in [6, 6.07) is 1.97. The quantitative estimate of drug-likeness (QED) is 0.781. The Balaban J connectivity index is 2.05. The molecule has 6 nitrogen and oxygen atoms in total. The number of carbonyl (C=O) groups excluding carboxylic acids is 1. The van der Waals surface area contributed by atoms with Crippen LogP contribution in [0.1, 0.15) is 46.6 Å². The van der Waals surface area contributed by atoms with Crippen LogP contribution in [0.3, 0.4) is 0 Å². The lowest BCUT2D eigenvalue weighted by Crippen LogP contribution is -2.39. The highest BCUT2D eigenvalue weighted by Crippen LogP contribution is 2.18. The molecule has 0 spiro atoms. The molecule has 1 aromatic heterocycles. The first-order valence-corrected chi connectivity index (χ1v) is 8.97. The van der Waals surface area contributed by atoms with Crippen LogP contribution >= 0.6 is 0 Å². The maximum atomic E-state index is 12.3. The zero-order valence-electron chi connectivity index (χ0n) is 16.4. The van der Waals surface area contributed by atoms with Crippen molar-refractivity contribution in [2.24, 2.45) is 0 Å². The predicted octanol–water partition coefficient (Wildman–Crippen LogP) is 2.65. The van der Waals surface area contributed by atoms with Gasteiger partial charge in [0.25, 0.3) is 0 Å². The van der Waals surface area contributed by atoms with E-state index < -0.39 is 11.2 Å². The van der Waals surface area contributed by atoms with Gasteiger partial charge in [-0.2, -0.15) is 0 Å². The largest absolute Gasteiger partial charge is 0.444 e. The van der Waals surface area contributed by atoms with Gasteiger partial charge in [-0.25, -0.2) is 4.79 Å². The zero-order chi connectivity index (χ0) is 19.4. The first-order valence-electron chi connectivity index (χ1n) is 8.97. The molecule has 0 aliphatic carbocycles. The average molecular weight is 359 g/mol. The normalized spacial score (nSPS) is 15.8. The topological polar surface area (TPSA) is 65.9 Å². The van der Waals surface area contributed by atoms with E-state index >= 15 is 0 Å². The van der Waals surface area contributed by atoms with Crippen LogP contribution < -0.4 is 4.90 Å². The SMILES string of the molecule is CC(C)(O)C#Cc1cncc(N2CCCN(C(=O)OC(C)(C)C)CC2)c1. The minimum Gasteiger partial charge on any atom is -0.444 e. The van der Waals surface area contributed by atoms with Gasteiger partial charge in [0.2, 0.25) is 0 Å². The maximum absolute atomic E-state index is 12.3.